The quantitative estimate of drug-likeness (QED) is 0.878. The van der Waals surface area contributed by atoms with Crippen molar-refractivity contribution in [3.05, 3.63) is 53.6 Å². The highest BCUT2D eigenvalue weighted by molar-refractivity contribution is 5.35. The summed E-state index contributed by atoms with van der Waals surface area (Å²) in [7, 11) is 0. The van der Waals surface area contributed by atoms with E-state index in [1.807, 2.05) is 0 Å². The van der Waals surface area contributed by atoms with Crippen LogP contribution in [0, 0.1) is 5.82 Å². The summed E-state index contributed by atoms with van der Waals surface area (Å²) in [4.78, 5) is 3.19. The Morgan fingerprint density at radius 1 is 1.14 bits per heavy atom. The lowest BCUT2D eigenvalue weighted by Crippen LogP contribution is -2.07. The van der Waals surface area contributed by atoms with Gasteiger partial charge in [-0.2, -0.15) is 13.2 Å². The maximum Gasteiger partial charge on any atom is 0.433 e. The first-order valence-electron chi connectivity index (χ1n) is 6.00. The van der Waals surface area contributed by atoms with Gasteiger partial charge in [0.1, 0.15) is 11.4 Å². The minimum atomic E-state index is -4.59. The van der Waals surface area contributed by atoms with Crippen LogP contribution < -0.4 is 4.74 Å². The number of nitrogens with zero attached hydrogens (tertiary/aromatic N) is 1. The highest BCUT2D eigenvalue weighted by atomic mass is 19.4. The van der Waals surface area contributed by atoms with E-state index in [-0.39, 0.29) is 24.5 Å². The summed E-state index contributed by atoms with van der Waals surface area (Å²) in [6.07, 6.45) is -3.37. The van der Waals surface area contributed by atoms with Crippen LogP contribution in [-0.4, -0.2) is 16.7 Å². The van der Waals surface area contributed by atoms with E-state index in [0.717, 1.165) is 12.3 Å². The summed E-state index contributed by atoms with van der Waals surface area (Å²) in [5.41, 5.74) is -0.551. The molecule has 0 fully saturated rings. The fourth-order valence-electron chi connectivity index (χ4n) is 1.67. The minimum Gasteiger partial charge on any atom is -0.454 e. The average Bonchev–Trinajstić information content (AvgIpc) is 2.42. The lowest BCUT2D eigenvalue weighted by molar-refractivity contribution is -0.141. The third kappa shape index (κ3) is 3.91. The second-order valence-corrected chi connectivity index (χ2v) is 4.21. The second kappa shape index (κ2) is 6.09. The number of halogens is 4. The van der Waals surface area contributed by atoms with Gasteiger partial charge in [-0.25, -0.2) is 4.39 Å². The van der Waals surface area contributed by atoms with Gasteiger partial charge in [0, 0.05) is 18.9 Å². The molecule has 2 aromatic rings. The van der Waals surface area contributed by atoms with Crippen molar-refractivity contribution < 1.29 is 27.4 Å². The van der Waals surface area contributed by atoms with Crippen LogP contribution in [0.2, 0.25) is 0 Å². The number of aliphatic hydroxyl groups is 1. The number of aromatic nitrogens is 1. The van der Waals surface area contributed by atoms with Gasteiger partial charge in [-0.05, 0) is 30.2 Å². The zero-order valence-electron chi connectivity index (χ0n) is 10.7. The Labute approximate surface area is 117 Å². The molecular weight excluding hydrogens is 290 g/mol. The van der Waals surface area contributed by atoms with Crippen LogP contribution >= 0.6 is 0 Å². The molecule has 0 radical (unpaired) electrons. The third-order valence-corrected chi connectivity index (χ3v) is 2.65. The largest absolute Gasteiger partial charge is 0.454 e. The minimum absolute atomic E-state index is 0.126. The first-order chi connectivity index (χ1) is 9.90. The van der Waals surface area contributed by atoms with Crippen molar-refractivity contribution in [3.63, 3.8) is 0 Å². The van der Waals surface area contributed by atoms with Gasteiger partial charge in [0.25, 0.3) is 0 Å². The highest BCUT2D eigenvalue weighted by Crippen LogP contribution is 2.31. The van der Waals surface area contributed by atoms with Gasteiger partial charge in [-0.1, -0.05) is 6.07 Å². The smallest absolute Gasteiger partial charge is 0.433 e. The van der Waals surface area contributed by atoms with Gasteiger partial charge >= 0.3 is 6.18 Å². The normalized spacial score (nSPS) is 11.5. The number of alkyl halides is 3. The molecule has 0 atom stereocenters. The first kappa shape index (κ1) is 15.2. The lowest BCUT2D eigenvalue weighted by atomic mass is 10.1. The Kier molecular flexibility index (Phi) is 4.42. The molecule has 21 heavy (non-hydrogen) atoms. The topological polar surface area (TPSA) is 42.4 Å². The van der Waals surface area contributed by atoms with Gasteiger partial charge in [-0.15, -0.1) is 0 Å². The molecule has 0 saturated carbocycles. The Morgan fingerprint density at radius 2 is 1.90 bits per heavy atom. The Bertz CT molecular complexity index is 629. The molecule has 1 aromatic heterocycles. The van der Waals surface area contributed by atoms with Crippen LogP contribution in [0.4, 0.5) is 17.6 Å². The lowest BCUT2D eigenvalue weighted by Gasteiger charge is -2.10. The van der Waals surface area contributed by atoms with E-state index in [9.17, 15) is 17.6 Å². The summed E-state index contributed by atoms with van der Waals surface area (Å²) in [5.74, 6) is -1.08. The molecule has 0 unspecified atom stereocenters. The van der Waals surface area contributed by atoms with Crippen molar-refractivity contribution in [1.29, 1.82) is 0 Å². The van der Waals surface area contributed by atoms with E-state index >= 15 is 0 Å². The van der Waals surface area contributed by atoms with Crippen LogP contribution in [0.5, 0.6) is 11.5 Å². The number of pyridine rings is 1. The van der Waals surface area contributed by atoms with E-state index < -0.39 is 17.7 Å². The SMILES string of the molecule is OCCc1ccc(Oc2ccnc(C(F)(F)F)c2)c(F)c1. The second-order valence-electron chi connectivity index (χ2n) is 4.21. The van der Waals surface area contributed by atoms with Gasteiger partial charge in [0.2, 0.25) is 0 Å². The van der Waals surface area contributed by atoms with E-state index in [4.69, 9.17) is 9.84 Å². The van der Waals surface area contributed by atoms with Crippen molar-refractivity contribution >= 4 is 0 Å². The number of ether oxygens (including phenoxy) is 1. The third-order valence-electron chi connectivity index (χ3n) is 2.65. The number of hydrogen-bond donors (Lipinski definition) is 1. The predicted molar refractivity (Wildman–Crippen MR) is 66.5 cm³/mol. The molecule has 0 bridgehead atoms. The molecule has 0 aliphatic heterocycles. The molecule has 0 aliphatic rings. The van der Waals surface area contributed by atoms with Crippen LogP contribution in [-0.2, 0) is 12.6 Å². The van der Waals surface area contributed by atoms with Gasteiger partial charge in [0.05, 0.1) is 0 Å². The molecule has 0 amide bonds. The Morgan fingerprint density at radius 3 is 2.52 bits per heavy atom. The molecule has 2 rings (SSSR count). The maximum atomic E-state index is 13.7. The van der Waals surface area contributed by atoms with Crippen molar-refractivity contribution in [3.8, 4) is 11.5 Å². The monoisotopic (exact) mass is 301 g/mol. The summed E-state index contributed by atoms with van der Waals surface area (Å²) >= 11 is 0. The van der Waals surface area contributed by atoms with Crippen molar-refractivity contribution in [2.24, 2.45) is 0 Å². The first-order valence-corrected chi connectivity index (χ1v) is 6.00. The van der Waals surface area contributed by atoms with Gasteiger partial charge in [-0.3, -0.25) is 4.98 Å². The Balaban J connectivity index is 2.22. The number of aliphatic hydroxyl groups excluding tert-OH is 1. The van der Waals surface area contributed by atoms with E-state index in [2.05, 4.69) is 4.98 Å². The van der Waals surface area contributed by atoms with E-state index in [0.29, 0.717) is 11.6 Å². The summed E-state index contributed by atoms with van der Waals surface area (Å²) in [6.45, 7) is -0.126. The predicted octanol–water partition coefficient (Wildman–Crippen LogP) is 3.57. The molecule has 7 heteroatoms. The summed E-state index contributed by atoms with van der Waals surface area (Å²) < 4.78 is 56.4. The standard InChI is InChI=1S/C14H11F4NO2/c15-11-7-9(4-6-20)1-2-12(11)21-10-3-5-19-13(8-10)14(16,17)18/h1-3,5,7-8,20H,4,6H2. The van der Waals surface area contributed by atoms with Crippen molar-refractivity contribution in [2.75, 3.05) is 6.61 Å². The molecule has 0 saturated heterocycles. The zero-order valence-corrected chi connectivity index (χ0v) is 10.7. The van der Waals surface area contributed by atoms with Gasteiger partial charge < -0.3 is 9.84 Å². The molecule has 112 valence electrons. The Hall–Kier alpha value is -2.15. The van der Waals surface area contributed by atoms with Crippen LogP contribution in [0.25, 0.3) is 0 Å². The zero-order chi connectivity index (χ0) is 15.5. The maximum absolute atomic E-state index is 13.7. The molecule has 1 N–H and O–H groups in total. The highest BCUT2D eigenvalue weighted by Gasteiger charge is 2.32. The molecular formula is C14H11F4NO2. The van der Waals surface area contributed by atoms with Crippen LogP contribution in [0.15, 0.2) is 36.5 Å². The van der Waals surface area contributed by atoms with E-state index in [1.54, 1.807) is 0 Å². The molecule has 0 aliphatic carbocycles. The van der Waals surface area contributed by atoms with E-state index in [1.165, 1.54) is 18.2 Å². The van der Waals surface area contributed by atoms with Crippen molar-refractivity contribution in [2.45, 2.75) is 12.6 Å². The van der Waals surface area contributed by atoms with Gasteiger partial charge in [0.15, 0.2) is 11.6 Å². The number of benzene rings is 1. The number of rotatable bonds is 4. The molecule has 3 nitrogen and oxygen atoms in total. The average molecular weight is 301 g/mol. The van der Waals surface area contributed by atoms with Crippen molar-refractivity contribution in [1.82, 2.24) is 4.98 Å². The molecule has 1 heterocycles. The van der Waals surface area contributed by atoms with Crippen LogP contribution in [0.3, 0.4) is 0 Å². The number of hydrogen-bond acceptors (Lipinski definition) is 3. The van der Waals surface area contributed by atoms with Crippen LogP contribution in [0.1, 0.15) is 11.3 Å². The fourth-order valence-corrected chi connectivity index (χ4v) is 1.67. The summed E-state index contributed by atoms with van der Waals surface area (Å²) in [5, 5.41) is 8.75. The fraction of sp³-hybridized carbons (Fsp3) is 0.214. The summed E-state index contributed by atoms with van der Waals surface area (Å²) in [6, 6.07) is 5.89. The molecule has 1 aromatic carbocycles. The molecule has 0 spiro atoms.